The van der Waals surface area contributed by atoms with Crippen LogP contribution in [0.1, 0.15) is 36.5 Å². The van der Waals surface area contributed by atoms with Crippen molar-refractivity contribution in [2.75, 3.05) is 24.6 Å². The number of amides is 2. The SMILES string of the molecule is CC(=O)N(c1ccccc1)[C@@H]1COC2(CCN(C(=O)c3ccccc3-c3ccccc3)CC2)C1. The van der Waals surface area contributed by atoms with Gasteiger partial charge >= 0.3 is 0 Å². The van der Waals surface area contributed by atoms with Crippen LogP contribution in [0, 0.1) is 0 Å². The first-order valence-corrected chi connectivity index (χ1v) is 12.0. The van der Waals surface area contributed by atoms with Crippen LogP contribution >= 0.6 is 0 Å². The summed E-state index contributed by atoms with van der Waals surface area (Å²) in [6.45, 7) is 3.45. The summed E-state index contributed by atoms with van der Waals surface area (Å²) in [6, 6.07) is 27.7. The van der Waals surface area contributed by atoms with Crippen molar-refractivity contribution < 1.29 is 14.3 Å². The molecule has 0 aliphatic carbocycles. The Morgan fingerprint density at radius 3 is 2.18 bits per heavy atom. The predicted molar refractivity (Wildman–Crippen MR) is 134 cm³/mol. The van der Waals surface area contributed by atoms with Crippen molar-refractivity contribution in [1.29, 1.82) is 0 Å². The number of piperidine rings is 1. The molecule has 2 amide bonds. The van der Waals surface area contributed by atoms with Crippen LogP contribution in [-0.2, 0) is 9.53 Å². The van der Waals surface area contributed by atoms with Crippen molar-refractivity contribution in [3.63, 3.8) is 0 Å². The van der Waals surface area contributed by atoms with E-state index in [1.165, 1.54) is 0 Å². The minimum absolute atomic E-state index is 0.0148. The zero-order valence-electron chi connectivity index (χ0n) is 19.5. The first kappa shape index (κ1) is 22.4. The number of anilines is 1. The van der Waals surface area contributed by atoms with Gasteiger partial charge in [0.2, 0.25) is 5.91 Å². The minimum Gasteiger partial charge on any atom is -0.373 e. The third kappa shape index (κ3) is 4.36. The topological polar surface area (TPSA) is 49.9 Å². The van der Waals surface area contributed by atoms with Crippen LogP contribution in [0.4, 0.5) is 5.69 Å². The standard InChI is InChI=1S/C29H30N2O3/c1-22(32)31(24-12-6-3-7-13-24)25-20-29(34-21-25)16-18-30(19-17-29)28(33)27-15-9-8-14-26(27)23-10-4-2-5-11-23/h2-15,25H,16-21H2,1H3/t25-/m0/s1. The van der Waals surface area contributed by atoms with Crippen molar-refractivity contribution in [3.8, 4) is 11.1 Å². The van der Waals surface area contributed by atoms with Gasteiger partial charge in [0.05, 0.1) is 18.2 Å². The third-order valence-corrected chi connectivity index (χ3v) is 7.13. The predicted octanol–water partition coefficient (Wildman–Crippen LogP) is 5.17. The molecule has 1 spiro atoms. The molecule has 3 aromatic rings. The lowest BCUT2D eigenvalue weighted by molar-refractivity contribution is -0.117. The highest BCUT2D eigenvalue weighted by molar-refractivity contribution is 6.01. The first-order chi connectivity index (χ1) is 16.6. The molecule has 0 bridgehead atoms. The Morgan fingerprint density at radius 1 is 0.882 bits per heavy atom. The molecule has 0 aromatic heterocycles. The molecular weight excluding hydrogens is 424 g/mol. The fourth-order valence-corrected chi connectivity index (χ4v) is 5.40. The number of rotatable bonds is 4. The van der Waals surface area contributed by atoms with Gasteiger partial charge in [0, 0.05) is 31.3 Å². The Labute approximate surface area is 201 Å². The molecule has 1 atom stereocenters. The molecule has 2 heterocycles. The normalized spacial score (nSPS) is 19.2. The average Bonchev–Trinajstić information content (AvgIpc) is 3.27. The van der Waals surface area contributed by atoms with Gasteiger partial charge in [-0.15, -0.1) is 0 Å². The summed E-state index contributed by atoms with van der Waals surface area (Å²) in [4.78, 5) is 29.8. The highest BCUT2D eigenvalue weighted by Crippen LogP contribution is 2.39. The summed E-state index contributed by atoms with van der Waals surface area (Å²) in [5.74, 6) is 0.0977. The average molecular weight is 455 g/mol. The third-order valence-electron chi connectivity index (χ3n) is 7.13. The van der Waals surface area contributed by atoms with E-state index in [4.69, 9.17) is 4.74 Å². The summed E-state index contributed by atoms with van der Waals surface area (Å²) in [6.07, 6.45) is 2.36. The lowest BCUT2D eigenvalue weighted by atomic mass is 9.86. The molecule has 0 radical (unpaired) electrons. The van der Waals surface area contributed by atoms with E-state index in [2.05, 4.69) is 0 Å². The van der Waals surface area contributed by atoms with Gasteiger partial charge in [0.1, 0.15) is 0 Å². The van der Waals surface area contributed by atoms with Crippen molar-refractivity contribution in [3.05, 3.63) is 90.5 Å². The van der Waals surface area contributed by atoms with E-state index in [1.54, 1.807) is 6.92 Å². The summed E-state index contributed by atoms with van der Waals surface area (Å²) >= 11 is 0. The van der Waals surface area contributed by atoms with Crippen molar-refractivity contribution in [2.45, 2.75) is 37.8 Å². The Balaban J connectivity index is 1.28. The second kappa shape index (κ2) is 9.43. The van der Waals surface area contributed by atoms with Gasteiger partial charge in [0.25, 0.3) is 5.91 Å². The van der Waals surface area contributed by atoms with E-state index < -0.39 is 0 Å². The van der Waals surface area contributed by atoms with Crippen LogP contribution in [0.2, 0.25) is 0 Å². The van der Waals surface area contributed by atoms with Gasteiger partial charge < -0.3 is 14.5 Å². The molecule has 0 saturated carbocycles. The Morgan fingerprint density at radius 2 is 1.50 bits per heavy atom. The molecule has 5 nitrogen and oxygen atoms in total. The van der Waals surface area contributed by atoms with Crippen LogP contribution in [0.15, 0.2) is 84.9 Å². The molecule has 2 aliphatic rings. The van der Waals surface area contributed by atoms with Gasteiger partial charge in [-0.25, -0.2) is 0 Å². The monoisotopic (exact) mass is 454 g/mol. The Bertz CT molecular complexity index is 1150. The number of nitrogens with zero attached hydrogens (tertiary/aromatic N) is 2. The smallest absolute Gasteiger partial charge is 0.254 e. The highest BCUT2D eigenvalue weighted by Gasteiger charge is 2.46. The van der Waals surface area contributed by atoms with Crippen LogP contribution in [0.5, 0.6) is 0 Å². The molecule has 0 N–H and O–H groups in total. The van der Waals surface area contributed by atoms with Gasteiger partial charge in [0.15, 0.2) is 0 Å². The Kier molecular flexibility index (Phi) is 6.20. The van der Waals surface area contributed by atoms with Crippen LogP contribution in [0.3, 0.4) is 0 Å². The fraction of sp³-hybridized carbons (Fsp3) is 0.310. The van der Waals surface area contributed by atoms with Gasteiger partial charge in [-0.3, -0.25) is 9.59 Å². The molecular formula is C29H30N2O3. The number of likely N-dealkylation sites (tertiary alicyclic amines) is 1. The summed E-state index contributed by atoms with van der Waals surface area (Å²) < 4.78 is 6.34. The lowest BCUT2D eigenvalue weighted by Crippen LogP contribution is -2.47. The number of para-hydroxylation sites is 1. The van der Waals surface area contributed by atoms with Crippen molar-refractivity contribution >= 4 is 17.5 Å². The quantitative estimate of drug-likeness (QED) is 0.546. The highest BCUT2D eigenvalue weighted by atomic mass is 16.5. The first-order valence-electron chi connectivity index (χ1n) is 12.0. The van der Waals surface area contributed by atoms with E-state index in [0.717, 1.165) is 41.6 Å². The van der Waals surface area contributed by atoms with Gasteiger partial charge in [-0.05, 0) is 48.6 Å². The maximum atomic E-state index is 13.5. The number of hydrogen-bond acceptors (Lipinski definition) is 3. The largest absolute Gasteiger partial charge is 0.373 e. The number of hydrogen-bond donors (Lipinski definition) is 0. The molecule has 174 valence electrons. The number of benzene rings is 3. The van der Waals surface area contributed by atoms with Gasteiger partial charge in [-0.2, -0.15) is 0 Å². The molecule has 2 fully saturated rings. The van der Waals surface area contributed by atoms with Gasteiger partial charge in [-0.1, -0.05) is 66.7 Å². The molecule has 5 heteroatoms. The number of carbonyl (C=O) groups is 2. The van der Waals surface area contributed by atoms with Crippen molar-refractivity contribution in [1.82, 2.24) is 4.90 Å². The van der Waals surface area contributed by atoms with E-state index >= 15 is 0 Å². The zero-order chi connectivity index (χ0) is 23.5. The lowest BCUT2D eigenvalue weighted by Gasteiger charge is -2.39. The van der Waals surface area contributed by atoms with E-state index in [1.807, 2.05) is 94.7 Å². The summed E-state index contributed by atoms with van der Waals surface area (Å²) in [5, 5.41) is 0. The second-order valence-electron chi connectivity index (χ2n) is 9.28. The van der Waals surface area contributed by atoms with Crippen LogP contribution in [0.25, 0.3) is 11.1 Å². The van der Waals surface area contributed by atoms with E-state index in [-0.39, 0.29) is 23.5 Å². The number of ether oxygens (including phenoxy) is 1. The van der Waals surface area contributed by atoms with Crippen molar-refractivity contribution in [2.24, 2.45) is 0 Å². The zero-order valence-corrected chi connectivity index (χ0v) is 19.5. The van der Waals surface area contributed by atoms with Crippen LogP contribution in [-0.4, -0.2) is 48.1 Å². The van der Waals surface area contributed by atoms with E-state index in [0.29, 0.717) is 19.7 Å². The second-order valence-corrected chi connectivity index (χ2v) is 9.28. The maximum Gasteiger partial charge on any atom is 0.254 e. The summed E-state index contributed by atoms with van der Waals surface area (Å²) in [7, 11) is 0. The summed E-state index contributed by atoms with van der Waals surface area (Å²) in [5.41, 5.74) is 3.38. The molecule has 2 aliphatic heterocycles. The minimum atomic E-state index is -0.275. The molecule has 0 unspecified atom stereocenters. The molecule has 3 aromatic carbocycles. The molecule has 5 rings (SSSR count). The van der Waals surface area contributed by atoms with E-state index in [9.17, 15) is 9.59 Å². The fourth-order valence-electron chi connectivity index (χ4n) is 5.40. The molecule has 2 saturated heterocycles. The Hall–Kier alpha value is -3.44. The van der Waals surface area contributed by atoms with Crippen LogP contribution < -0.4 is 4.90 Å². The molecule has 34 heavy (non-hydrogen) atoms. The maximum absolute atomic E-state index is 13.5. The number of carbonyl (C=O) groups excluding carboxylic acids is 2.